The summed E-state index contributed by atoms with van der Waals surface area (Å²) in [6.07, 6.45) is 0.968. The number of halogens is 1. The van der Waals surface area contributed by atoms with Gasteiger partial charge in [-0.25, -0.2) is 4.39 Å². The van der Waals surface area contributed by atoms with Gasteiger partial charge in [0.1, 0.15) is 5.82 Å². The molecule has 1 aliphatic carbocycles. The van der Waals surface area contributed by atoms with Crippen LogP contribution in [-0.2, 0) is 0 Å². The Labute approximate surface area is 93.8 Å². The molecule has 16 heavy (non-hydrogen) atoms. The zero-order valence-electron chi connectivity index (χ0n) is 9.38. The van der Waals surface area contributed by atoms with Crippen molar-refractivity contribution >= 4 is 11.6 Å². The number of carbonyl (C=O) groups is 1. The molecule has 1 aliphatic rings. The summed E-state index contributed by atoms with van der Waals surface area (Å²) in [6.45, 7) is 4.17. The summed E-state index contributed by atoms with van der Waals surface area (Å²) in [5, 5.41) is 2.86. The van der Waals surface area contributed by atoms with Gasteiger partial charge >= 0.3 is 0 Å². The number of carbonyl (C=O) groups excluding carboxylic acids is 1. The van der Waals surface area contributed by atoms with Crippen molar-refractivity contribution in [1.82, 2.24) is 5.32 Å². The van der Waals surface area contributed by atoms with Crippen LogP contribution >= 0.6 is 0 Å². The second-order valence-electron chi connectivity index (χ2n) is 4.96. The predicted molar refractivity (Wildman–Crippen MR) is 60.5 cm³/mol. The van der Waals surface area contributed by atoms with Crippen LogP contribution in [0.15, 0.2) is 18.2 Å². The van der Waals surface area contributed by atoms with E-state index in [1.807, 2.05) is 0 Å². The second kappa shape index (κ2) is 3.47. The summed E-state index contributed by atoms with van der Waals surface area (Å²) >= 11 is 0. The van der Waals surface area contributed by atoms with E-state index in [9.17, 15) is 9.18 Å². The molecule has 1 amide bonds. The summed E-state index contributed by atoms with van der Waals surface area (Å²) in [5.41, 5.74) is 5.88. The van der Waals surface area contributed by atoms with Gasteiger partial charge < -0.3 is 11.1 Å². The molecule has 1 atom stereocenters. The van der Waals surface area contributed by atoms with Gasteiger partial charge in [0.15, 0.2) is 0 Å². The Morgan fingerprint density at radius 2 is 2.19 bits per heavy atom. The highest BCUT2D eigenvalue weighted by atomic mass is 19.1. The third-order valence-corrected chi connectivity index (χ3v) is 3.08. The first-order chi connectivity index (χ1) is 7.40. The summed E-state index contributed by atoms with van der Waals surface area (Å²) in [4.78, 5) is 11.7. The fourth-order valence-corrected chi connectivity index (χ4v) is 1.62. The lowest BCUT2D eigenvalue weighted by molar-refractivity contribution is 0.0946. The fourth-order valence-electron chi connectivity index (χ4n) is 1.62. The van der Waals surface area contributed by atoms with Crippen molar-refractivity contribution in [2.45, 2.75) is 26.3 Å². The molecule has 2 rings (SSSR count). The average Bonchev–Trinajstić information content (AvgIpc) is 2.78. The van der Waals surface area contributed by atoms with E-state index in [2.05, 4.69) is 19.2 Å². The van der Waals surface area contributed by atoms with Crippen LogP contribution in [0.5, 0.6) is 0 Å². The van der Waals surface area contributed by atoms with E-state index in [-0.39, 0.29) is 23.1 Å². The number of nitrogen functional groups attached to an aromatic ring is 1. The van der Waals surface area contributed by atoms with Crippen molar-refractivity contribution in [2.75, 3.05) is 5.73 Å². The number of benzene rings is 1. The molecule has 3 nitrogen and oxygen atoms in total. The first kappa shape index (κ1) is 10.9. The van der Waals surface area contributed by atoms with E-state index < -0.39 is 5.82 Å². The lowest BCUT2D eigenvalue weighted by Crippen LogP contribution is -2.28. The number of rotatable bonds is 2. The molecule has 0 aromatic heterocycles. The van der Waals surface area contributed by atoms with Crippen molar-refractivity contribution in [2.24, 2.45) is 5.41 Å². The molecule has 0 bridgehead atoms. The molecule has 1 fully saturated rings. The topological polar surface area (TPSA) is 55.1 Å². The molecule has 0 saturated heterocycles. The Balaban J connectivity index is 2.07. The Kier molecular flexibility index (Phi) is 2.37. The normalized spacial score (nSPS) is 21.6. The minimum atomic E-state index is -0.553. The molecule has 0 radical (unpaired) electrons. The molecule has 0 aliphatic heterocycles. The lowest BCUT2D eigenvalue weighted by Gasteiger charge is -2.07. The van der Waals surface area contributed by atoms with Gasteiger partial charge in [-0.05, 0) is 30.0 Å². The van der Waals surface area contributed by atoms with Gasteiger partial charge in [0, 0.05) is 11.6 Å². The van der Waals surface area contributed by atoms with E-state index in [0.29, 0.717) is 5.56 Å². The minimum absolute atomic E-state index is 0.0586. The van der Waals surface area contributed by atoms with Gasteiger partial charge in [-0.2, -0.15) is 0 Å². The van der Waals surface area contributed by atoms with Crippen LogP contribution in [0.3, 0.4) is 0 Å². The van der Waals surface area contributed by atoms with E-state index in [0.717, 1.165) is 6.42 Å². The first-order valence-electron chi connectivity index (χ1n) is 5.26. The van der Waals surface area contributed by atoms with Crippen molar-refractivity contribution in [1.29, 1.82) is 0 Å². The molecule has 1 saturated carbocycles. The van der Waals surface area contributed by atoms with E-state index in [1.165, 1.54) is 18.2 Å². The third-order valence-electron chi connectivity index (χ3n) is 3.08. The number of hydrogen-bond acceptors (Lipinski definition) is 2. The van der Waals surface area contributed by atoms with Crippen LogP contribution in [0.1, 0.15) is 30.6 Å². The summed E-state index contributed by atoms with van der Waals surface area (Å²) < 4.78 is 13.1. The average molecular weight is 222 g/mol. The van der Waals surface area contributed by atoms with Gasteiger partial charge in [0.25, 0.3) is 5.91 Å². The molecule has 1 aromatic rings. The number of nitrogens with one attached hydrogen (secondary N) is 1. The zero-order valence-corrected chi connectivity index (χ0v) is 9.38. The molecule has 0 heterocycles. The summed E-state index contributed by atoms with van der Waals surface area (Å²) in [6, 6.07) is 4.30. The predicted octanol–water partition coefficient (Wildman–Crippen LogP) is 1.94. The minimum Gasteiger partial charge on any atom is -0.396 e. The van der Waals surface area contributed by atoms with Gasteiger partial charge in [0.05, 0.1) is 5.69 Å². The van der Waals surface area contributed by atoms with Crippen LogP contribution in [0.25, 0.3) is 0 Å². The molecule has 0 spiro atoms. The van der Waals surface area contributed by atoms with Crippen LogP contribution in [0.4, 0.5) is 10.1 Å². The largest absolute Gasteiger partial charge is 0.396 e. The van der Waals surface area contributed by atoms with Gasteiger partial charge in [-0.1, -0.05) is 13.8 Å². The maximum Gasteiger partial charge on any atom is 0.251 e. The molecule has 4 heteroatoms. The number of amides is 1. The summed E-state index contributed by atoms with van der Waals surface area (Å²) in [5.74, 6) is -0.794. The molecule has 1 unspecified atom stereocenters. The molecule has 1 aromatic carbocycles. The molecule has 3 N–H and O–H groups in total. The highest BCUT2D eigenvalue weighted by Crippen LogP contribution is 2.44. The monoisotopic (exact) mass is 222 g/mol. The number of nitrogens with two attached hydrogens (primary N) is 1. The molecular formula is C12H15FN2O. The Morgan fingerprint density at radius 3 is 2.69 bits per heavy atom. The number of anilines is 1. The van der Waals surface area contributed by atoms with Gasteiger partial charge in [0.2, 0.25) is 0 Å². The van der Waals surface area contributed by atoms with Crippen LogP contribution in [0.2, 0.25) is 0 Å². The quantitative estimate of drug-likeness (QED) is 0.751. The molecular weight excluding hydrogens is 207 g/mol. The van der Waals surface area contributed by atoms with Crippen molar-refractivity contribution < 1.29 is 9.18 Å². The fraction of sp³-hybridized carbons (Fsp3) is 0.417. The Bertz CT molecular complexity index is 443. The van der Waals surface area contributed by atoms with Crippen LogP contribution in [-0.4, -0.2) is 11.9 Å². The first-order valence-corrected chi connectivity index (χ1v) is 5.26. The highest BCUT2D eigenvalue weighted by Gasteiger charge is 2.46. The van der Waals surface area contributed by atoms with E-state index >= 15 is 0 Å². The van der Waals surface area contributed by atoms with Crippen molar-refractivity contribution in [3.05, 3.63) is 29.6 Å². The van der Waals surface area contributed by atoms with Crippen molar-refractivity contribution in [3.8, 4) is 0 Å². The van der Waals surface area contributed by atoms with E-state index in [1.54, 1.807) is 0 Å². The van der Waals surface area contributed by atoms with Crippen molar-refractivity contribution in [3.63, 3.8) is 0 Å². The zero-order chi connectivity index (χ0) is 11.9. The van der Waals surface area contributed by atoms with Crippen LogP contribution in [0, 0.1) is 11.2 Å². The Hall–Kier alpha value is -1.58. The van der Waals surface area contributed by atoms with Gasteiger partial charge in [-0.15, -0.1) is 0 Å². The van der Waals surface area contributed by atoms with Crippen LogP contribution < -0.4 is 11.1 Å². The Morgan fingerprint density at radius 1 is 1.56 bits per heavy atom. The smallest absolute Gasteiger partial charge is 0.251 e. The SMILES string of the molecule is CC1(C)CC1NC(=O)c1ccc(N)c(F)c1. The maximum atomic E-state index is 13.1. The van der Waals surface area contributed by atoms with E-state index in [4.69, 9.17) is 5.73 Å². The maximum absolute atomic E-state index is 13.1. The third kappa shape index (κ3) is 2.01. The highest BCUT2D eigenvalue weighted by molar-refractivity contribution is 5.95. The lowest BCUT2D eigenvalue weighted by atomic mass is 10.1. The van der Waals surface area contributed by atoms with Gasteiger partial charge in [-0.3, -0.25) is 4.79 Å². The standard InChI is InChI=1S/C12H15FN2O/c1-12(2)6-10(12)15-11(16)7-3-4-9(14)8(13)5-7/h3-5,10H,6,14H2,1-2H3,(H,15,16). The molecule has 86 valence electrons. The summed E-state index contributed by atoms with van der Waals surface area (Å²) in [7, 11) is 0. The second-order valence-corrected chi connectivity index (χ2v) is 4.96. The number of hydrogen-bond donors (Lipinski definition) is 2.